The lowest BCUT2D eigenvalue weighted by molar-refractivity contribution is -0.139. The number of thiazole rings is 1. The molecule has 1 aliphatic rings. The fourth-order valence-corrected chi connectivity index (χ4v) is 5.56. The van der Waals surface area contributed by atoms with Crippen LogP contribution in [0.4, 0.5) is 0 Å². The lowest BCUT2D eigenvalue weighted by atomic mass is 9.96. The van der Waals surface area contributed by atoms with Crippen LogP contribution in [0.2, 0.25) is 0 Å². The summed E-state index contributed by atoms with van der Waals surface area (Å²) in [6.45, 7) is 3.93. The van der Waals surface area contributed by atoms with Gasteiger partial charge in [-0.15, -0.1) is 0 Å². The molecule has 1 aromatic heterocycles. The Kier molecular flexibility index (Phi) is 7.75. The number of carbonyl (C=O) groups excluding carboxylic acids is 1. The molecule has 8 nitrogen and oxygen atoms in total. The smallest absolute Gasteiger partial charge is 0.338 e. The Balaban J connectivity index is 1.54. The first-order valence-corrected chi connectivity index (χ1v) is 13.5. The van der Waals surface area contributed by atoms with Crippen LogP contribution in [0.25, 0.3) is 6.08 Å². The van der Waals surface area contributed by atoms with Crippen LogP contribution in [-0.4, -0.2) is 28.2 Å². The Hall–Kier alpha value is -4.76. The second-order valence-corrected chi connectivity index (χ2v) is 10.1. The van der Waals surface area contributed by atoms with Gasteiger partial charge in [-0.1, -0.05) is 72.0 Å². The van der Waals surface area contributed by atoms with E-state index >= 15 is 0 Å². The van der Waals surface area contributed by atoms with Gasteiger partial charge in [0.25, 0.3) is 5.56 Å². The van der Waals surface area contributed by atoms with Gasteiger partial charge in [0.2, 0.25) is 0 Å². The summed E-state index contributed by atoms with van der Waals surface area (Å²) in [4.78, 5) is 43.0. The van der Waals surface area contributed by atoms with E-state index in [0.717, 1.165) is 11.1 Å². The summed E-state index contributed by atoms with van der Waals surface area (Å²) in [7, 11) is 0. The van der Waals surface area contributed by atoms with Crippen LogP contribution in [0.5, 0.6) is 5.75 Å². The van der Waals surface area contributed by atoms with Crippen LogP contribution < -0.4 is 19.6 Å². The first kappa shape index (κ1) is 26.8. The van der Waals surface area contributed by atoms with E-state index in [0.29, 0.717) is 31.9 Å². The van der Waals surface area contributed by atoms with Crippen molar-refractivity contribution in [1.29, 1.82) is 0 Å². The molecule has 0 saturated heterocycles. The molecule has 4 aromatic rings. The summed E-state index contributed by atoms with van der Waals surface area (Å²) >= 11 is 1.24. The summed E-state index contributed by atoms with van der Waals surface area (Å²) in [5, 5.41) is 9.11. The van der Waals surface area contributed by atoms with Crippen molar-refractivity contribution in [3.8, 4) is 5.75 Å². The zero-order chi connectivity index (χ0) is 28.2. The van der Waals surface area contributed by atoms with Crippen LogP contribution in [0.3, 0.4) is 0 Å². The van der Waals surface area contributed by atoms with Crippen LogP contribution in [0, 0.1) is 0 Å². The molecule has 0 amide bonds. The largest absolute Gasteiger partial charge is 0.488 e. The van der Waals surface area contributed by atoms with Crippen LogP contribution in [0.1, 0.15) is 46.9 Å². The molecule has 0 aliphatic carbocycles. The van der Waals surface area contributed by atoms with Crippen molar-refractivity contribution in [1.82, 2.24) is 4.57 Å². The third-order valence-electron chi connectivity index (χ3n) is 6.43. The van der Waals surface area contributed by atoms with E-state index in [1.54, 1.807) is 36.6 Å². The molecule has 0 spiro atoms. The number of nitrogens with zero attached hydrogens (tertiary/aromatic N) is 2. The summed E-state index contributed by atoms with van der Waals surface area (Å²) < 4.78 is 13.4. The first-order chi connectivity index (χ1) is 19.4. The summed E-state index contributed by atoms with van der Waals surface area (Å²) in [6, 6.07) is 22.5. The normalized spacial score (nSPS) is 14.8. The molecule has 0 unspecified atom stereocenters. The molecule has 3 aromatic carbocycles. The van der Waals surface area contributed by atoms with Gasteiger partial charge in [0.1, 0.15) is 12.4 Å². The van der Waals surface area contributed by atoms with Gasteiger partial charge in [0.05, 0.1) is 34.0 Å². The van der Waals surface area contributed by atoms with Crippen LogP contribution >= 0.6 is 11.3 Å². The SMILES string of the molecule is CCOC(=O)C1=C(C)N=c2s/c(=C\c3ccccc3OCc3ccc(C(=O)O)cc3)c(=O)n2[C@H]1c1ccccc1. The highest BCUT2D eigenvalue weighted by atomic mass is 32.1. The van der Waals surface area contributed by atoms with Crippen molar-refractivity contribution >= 4 is 29.4 Å². The van der Waals surface area contributed by atoms with Crippen molar-refractivity contribution in [2.24, 2.45) is 4.99 Å². The number of carboxylic acids is 1. The number of aromatic carboxylic acids is 1. The maximum Gasteiger partial charge on any atom is 0.338 e. The molecule has 1 atom stereocenters. The highest BCUT2D eigenvalue weighted by Crippen LogP contribution is 2.30. The van der Waals surface area contributed by atoms with Crippen molar-refractivity contribution in [3.63, 3.8) is 0 Å². The second kappa shape index (κ2) is 11.5. The minimum absolute atomic E-state index is 0.203. The molecule has 0 fully saturated rings. The van der Waals surface area contributed by atoms with Crippen molar-refractivity contribution in [2.45, 2.75) is 26.5 Å². The predicted octanol–water partition coefficient (Wildman–Crippen LogP) is 4.08. The van der Waals surface area contributed by atoms with Crippen molar-refractivity contribution < 1.29 is 24.2 Å². The predicted molar refractivity (Wildman–Crippen MR) is 151 cm³/mol. The molecule has 202 valence electrons. The van der Waals surface area contributed by atoms with Gasteiger partial charge in [0, 0.05) is 5.56 Å². The maximum absolute atomic E-state index is 13.8. The number of carbonyl (C=O) groups is 2. The molecule has 0 bridgehead atoms. The molecule has 0 radical (unpaired) electrons. The molecule has 9 heteroatoms. The maximum atomic E-state index is 13.8. The average Bonchev–Trinajstić information content (AvgIpc) is 3.26. The molecule has 5 rings (SSSR count). The molecule has 2 heterocycles. The number of esters is 1. The van der Waals surface area contributed by atoms with Gasteiger partial charge in [-0.25, -0.2) is 14.6 Å². The monoisotopic (exact) mass is 554 g/mol. The van der Waals surface area contributed by atoms with E-state index in [2.05, 4.69) is 4.99 Å². The van der Waals surface area contributed by atoms with Gasteiger partial charge in [-0.2, -0.15) is 0 Å². The average molecular weight is 555 g/mol. The number of para-hydroxylation sites is 1. The van der Waals surface area contributed by atoms with Gasteiger partial charge in [-0.3, -0.25) is 9.36 Å². The zero-order valence-electron chi connectivity index (χ0n) is 21.9. The topological polar surface area (TPSA) is 107 Å². The molecule has 40 heavy (non-hydrogen) atoms. The first-order valence-electron chi connectivity index (χ1n) is 12.7. The Morgan fingerprint density at radius 1 is 1.02 bits per heavy atom. The number of rotatable bonds is 8. The number of hydrogen-bond acceptors (Lipinski definition) is 7. The molecule has 0 saturated carbocycles. The number of aromatic nitrogens is 1. The number of hydrogen-bond donors (Lipinski definition) is 1. The third kappa shape index (κ3) is 5.37. The van der Waals surface area contributed by atoms with Gasteiger partial charge >= 0.3 is 11.9 Å². The van der Waals surface area contributed by atoms with E-state index in [1.165, 1.54) is 23.5 Å². The third-order valence-corrected chi connectivity index (χ3v) is 7.42. The summed E-state index contributed by atoms with van der Waals surface area (Å²) in [5.41, 5.74) is 3.07. The van der Waals surface area contributed by atoms with E-state index in [4.69, 9.17) is 14.6 Å². The lowest BCUT2D eigenvalue weighted by Gasteiger charge is -2.24. The number of ether oxygens (including phenoxy) is 2. The number of benzene rings is 3. The number of allylic oxidation sites excluding steroid dienone is 1. The molecular weight excluding hydrogens is 528 g/mol. The van der Waals surface area contributed by atoms with E-state index < -0.39 is 18.0 Å². The second-order valence-electron chi connectivity index (χ2n) is 9.04. The fourth-order valence-electron chi connectivity index (χ4n) is 4.52. The quantitative estimate of drug-likeness (QED) is 0.329. The van der Waals surface area contributed by atoms with Crippen LogP contribution in [0.15, 0.2) is 99.9 Å². The minimum atomic E-state index is -0.988. The lowest BCUT2D eigenvalue weighted by Crippen LogP contribution is -2.39. The Morgan fingerprint density at radius 3 is 2.42 bits per heavy atom. The Labute approximate surface area is 233 Å². The number of fused-ring (bicyclic) bond motifs is 1. The van der Waals surface area contributed by atoms with Crippen molar-refractivity contribution in [3.05, 3.63) is 132 Å². The fraction of sp³-hybridized carbons (Fsp3) is 0.161. The summed E-state index contributed by atoms with van der Waals surface area (Å²) in [6.07, 6.45) is 1.76. The standard InChI is InChI=1S/C31H26N2O6S/c1-3-38-30(37)26-19(2)32-31-33(27(26)21-9-5-4-6-10-21)28(34)25(40-31)17-23-11-7-8-12-24(23)39-18-20-13-15-22(16-14-20)29(35)36/h4-17,27H,3,18H2,1-2H3,(H,35,36)/b25-17-/t27-/m0/s1. The summed E-state index contributed by atoms with van der Waals surface area (Å²) in [5.74, 6) is -0.918. The van der Waals surface area contributed by atoms with E-state index in [9.17, 15) is 14.4 Å². The van der Waals surface area contributed by atoms with E-state index in [-0.39, 0.29) is 24.3 Å². The van der Waals surface area contributed by atoms with Gasteiger partial charge in [-0.05, 0) is 49.2 Å². The van der Waals surface area contributed by atoms with Crippen LogP contribution in [-0.2, 0) is 16.1 Å². The highest BCUT2D eigenvalue weighted by Gasteiger charge is 2.33. The molecular formula is C31H26N2O6S. The van der Waals surface area contributed by atoms with Gasteiger partial charge in [0.15, 0.2) is 4.80 Å². The van der Waals surface area contributed by atoms with Crippen molar-refractivity contribution in [2.75, 3.05) is 6.61 Å². The van der Waals surface area contributed by atoms with Gasteiger partial charge < -0.3 is 14.6 Å². The Morgan fingerprint density at radius 2 is 1.73 bits per heavy atom. The molecule has 1 N–H and O–H groups in total. The molecule has 1 aliphatic heterocycles. The zero-order valence-corrected chi connectivity index (χ0v) is 22.7. The van der Waals surface area contributed by atoms with E-state index in [1.807, 2.05) is 54.6 Å². The minimum Gasteiger partial charge on any atom is -0.488 e. The highest BCUT2D eigenvalue weighted by molar-refractivity contribution is 7.07. The Bertz CT molecular complexity index is 1790. The number of carboxylic acid groups (broad SMARTS) is 1.